The fraction of sp³-hybridized carbons (Fsp3) is 0.385. The number of rotatable bonds is 9. The van der Waals surface area contributed by atoms with Gasteiger partial charge in [0.15, 0.2) is 0 Å². The van der Waals surface area contributed by atoms with Crippen LogP contribution in [0.4, 0.5) is 13.2 Å². The number of carbonyl (C=O) groups is 1. The molecule has 7 nitrogen and oxygen atoms in total. The molecule has 1 aliphatic heterocycles. The van der Waals surface area contributed by atoms with Gasteiger partial charge in [-0.25, -0.2) is 0 Å². The minimum Gasteiger partial charge on any atom is -0.507 e. The summed E-state index contributed by atoms with van der Waals surface area (Å²) in [5.41, 5.74) is -1.14. The molecule has 204 valence electrons. The average Bonchev–Trinajstić information content (AvgIpc) is 2.87. The summed E-state index contributed by atoms with van der Waals surface area (Å²) in [6, 6.07) is 7.08. The minimum atomic E-state index is -4.62. The van der Waals surface area contributed by atoms with Gasteiger partial charge in [-0.2, -0.15) is 13.2 Å². The van der Waals surface area contributed by atoms with Crippen molar-refractivity contribution in [2.24, 2.45) is 0 Å². The number of aromatic nitrogens is 1. The van der Waals surface area contributed by atoms with E-state index in [1.54, 1.807) is 0 Å². The maximum Gasteiger partial charge on any atom is 0.416 e. The Balaban J connectivity index is 1.60. The molecule has 1 aliphatic rings. The number of nitrogens with one attached hydrogen (secondary N) is 1. The Morgan fingerprint density at radius 3 is 2.39 bits per heavy atom. The standard InChI is InChI=1S/C26H27ClF3N3O4S/c27-17-2-4-22(36)20(14-17)23-19-13-16(26(28,29)30)1-3-21(19)31-25(37)24(23)38-15-18(35)5-6-32-7-9-33(10-8-32)11-12-34/h1-4,13-14,34,36H,5-12,15H2,(H,31,37). The van der Waals surface area contributed by atoms with E-state index in [2.05, 4.69) is 14.8 Å². The first-order valence-corrected chi connectivity index (χ1v) is 13.4. The number of β-amino-alcohol motifs (C(OH)–C–C–N with tert-alkyl or cyclic N) is 1. The van der Waals surface area contributed by atoms with Crippen molar-refractivity contribution >= 4 is 40.0 Å². The minimum absolute atomic E-state index is 0.0281. The van der Waals surface area contributed by atoms with Crippen LogP contribution < -0.4 is 5.56 Å². The lowest BCUT2D eigenvalue weighted by Gasteiger charge is -2.34. The van der Waals surface area contributed by atoms with Gasteiger partial charge in [0.05, 0.1) is 22.8 Å². The molecule has 2 aromatic carbocycles. The van der Waals surface area contributed by atoms with Gasteiger partial charge in [-0.1, -0.05) is 11.6 Å². The zero-order valence-electron chi connectivity index (χ0n) is 20.4. The molecule has 0 atom stereocenters. The fourth-order valence-corrected chi connectivity index (χ4v) is 5.62. The van der Waals surface area contributed by atoms with Crippen molar-refractivity contribution in [1.82, 2.24) is 14.8 Å². The number of piperazine rings is 1. The van der Waals surface area contributed by atoms with E-state index < -0.39 is 17.3 Å². The highest BCUT2D eigenvalue weighted by Gasteiger charge is 2.31. The van der Waals surface area contributed by atoms with Crippen LogP contribution >= 0.6 is 23.4 Å². The molecule has 38 heavy (non-hydrogen) atoms. The lowest BCUT2D eigenvalue weighted by atomic mass is 9.98. The van der Waals surface area contributed by atoms with E-state index in [0.29, 0.717) is 13.1 Å². The zero-order chi connectivity index (χ0) is 27.4. The molecule has 3 aromatic rings. The molecule has 0 saturated carbocycles. The summed E-state index contributed by atoms with van der Waals surface area (Å²) in [4.78, 5) is 32.7. The zero-order valence-corrected chi connectivity index (χ0v) is 21.9. The van der Waals surface area contributed by atoms with Gasteiger partial charge < -0.3 is 20.1 Å². The molecule has 0 radical (unpaired) electrons. The number of hydrogen-bond donors (Lipinski definition) is 3. The smallest absolute Gasteiger partial charge is 0.416 e. The molecule has 4 rings (SSSR count). The summed E-state index contributed by atoms with van der Waals surface area (Å²) in [5, 5.41) is 19.9. The third kappa shape index (κ3) is 6.70. The molecular formula is C26H27ClF3N3O4S. The van der Waals surface area contributed by atoms with Crippen molar-refractivity contribution in [3.63, 3.8) is 0 Å². The quantitative estimate of drug-likeness (QED) is 0.332. The molecule has 12 heteroatoms. The van der Waals surface area contributed by atoms with Gasteiger partial charge >= 0.3 is 6.18 Å². The Morgan fingerprint density at radius 1 is 1.05 bits per heavy atom. The lowest BCUT2D eigenvalue weighted by molar-refractivity contribution is -0.137. The van der Waals surface area contributed by atoms with Crippen LogP contribution in [0.1, 0.15) is 12.0 Å². The van der Waals surface area contributed by atoms with Crippen LogP contribution in [-0.2, 0) is 11.0 Å². The van der Waals surface area contributed by atoms with E-state index in [0.717, 1.165) is 50.1 Å². The highest BCUT2D eigenvalue weighted by atomic mass is 35.5. The number of pyridine rings is 1. The van der Waals surface area contributed by atoms with Crippen molar-refractivity contribution in [3.8, 4) is 16.9 Å². The van der Waals surface area contributed by atoms with E-state index in [9.17, 15) is 27.9 Å². The molecule has 2 heterocycles. The number of fused-ring (bicyclic) bond motifs is 1. The van der Waals surface area contributed by atoms with Crippen LogP contribution in [0.15, 0.2) is 46.1 Å². The Hall–Kier alpha value is -2.57. The van der Waals surface area contributed by atoms with Crippen LogP contribution in [0.25, 0.3) is 22.0 Å². The monoisotopic (exact) mass is 569 g/mol. The Kier molecular flexibility index (Phi) is 9.04. The summed E-state index contributed by atoms with van der Waals surface area (Å²) >= 11 is 7.05. The lowest BCUT2D eigenvalue weighted by Crippen LogP contribution is -2.47. The number of aliphatic hydroxyl groups is 1. The third-order valence-corrected chi connectivity index (χ3v) is 7.87. The van der Waals surface area contributed by atoms with Crippen LogP contribution in [0.2, 0.25) is 5.02 Å². The number of aromatic amines is 1. The summed E-state index contributed by atoms with van der Waals surface area (Å²) in [7, 11) is 0. The number of benzene rings is 2. The number of thioether (sulfide) groups is 1. The second-order valence-electron chi connectivity index (χ2n) is 9.06. The topological polar surface area (TPSA) is 96.9 Å². The first kappa shape index (κ1) is 28.4. The summed E-state index contributed by atoms with van der Waals surface area (Å²) in [6.07, 6.45) is -4.36. The SMILES string of the molecule is O=C(CCN1CCN(CCO)CC1)CSc1c(-c2cc(Cl)ccc2O)c2cc(C(F)(F)F)ccc2[nH]c1=O. The van der Waals surface area contributed by atoms with Gasteiger partial charge in [-0.15, -0.1) is 11.8 Å². The summed E-state index contributed by atoms with van der Waals surface area (Å²) in [5.74, 6) is -0.434. The molecule has 0 bridgehead atoms. The number of ketones is 1. The highest BCUT2D eigenvalue weighted by Crippen LogP contribution is 2.42. The Bertz CT molecular complexity index is 1370. The average molecular weight is 570 g/mol. The number of phenolic OH excluding ortho intramolecular Hbond substituents is 1. The van der Waals surface area contributed by atoms with Crippen molar-refractivity contribution in [2.75, 3.05) is 51.6 Å². The van der Waals surface area contributed by atoms with Crippen LogP contribution in [0, 0.1) is 0 Å². The molecule has 1 saturated heterocycles. The maximum absolute atomic E-state index is 13.5. The number of hydrogen-bond acceptors (Lipinski definition) is 7. The number of carbonyl (C=O) groups excluding carboxylic acids is 1. The van der Waals surface area contributed by atoms with Crippen molar-refractivity contribution < 1.29 is 28.2 Å². The molecule has 0 aliphatic carbocycles. The van der Waals surface area contributed by atoms with Crippen LogP contribution in [0.5, 0.6) is 5.75 Å². The third-order valence-electron chi connectivity index (χ3n) is 6.49. The number of nitrogens with zero attached hydrogens (tertiary/aromatic N) is 2. The molecule has 0 unspecified atom stereocenters. The van der Waals surface area contributed by atoms with Gasteiger partial charge in [0.2, 0.25) is 0 Å². The van der Waals surface area contributed by atoms with Gasteiger partial charge in [0, 0.05) is 72.7 Å². The first-order valence-electron chi connectivity index (χ1n) is 12.0. The second-order valence-corrected chi connectivity index (χ2v) is 10.5. The Labute approximate surface area is 226 Å². The normalized spacial score (nSPS) is 15.3. The number of alkyl halides is 3. The van der Waals surface area contributed by atoms with E-state index in [-0.39, 0.29) is 62.3 Å². The molecule has 0 amide bonds. The summed E-state index contributed by atoms with van der Waals surface area (Å²) in [6.45, 7) is 4.46. The number of halogens is 4. The molecule has 1 aromatic heterocycles. The van der Waals surface area contributed by atoms with E-state index in [1.807, 2.05) is 0 Å². The number of aliphatic hydroxyl groups excluding tert-OH is 1. The van der Waals surface area contributed by atoms with Crippen molar-refractivity contribution in [1.29, 1.82) is 0 Å². The fourth-order valence-electron chi connectivity index (χ4n) is 4.45. The van der Waals surface area contributed by atoms with Gasteiger partial charge in [-0.3, -0.25) is 14.5 Å². The first-order chi connectivity index (χ1) is 18.1. The second kappa shape index (κ2) is 12.1. The van der Waals surface area contributed by atoms with E-state index in [4.69, 9.17) is 16.7 Å². The van der Waals surface area contributed by atoms with E-state index in [1.165, 1.54) is 24.3 Å². The van der Waals surface area contributed by atoms with Crippen LogP contribution in [-0.4, -0.2) is 82.4 Å². The van der Waals surface area contributed by atoms with Gasteiger partial charge in [0.1, 0.15) is 11.5 Å². The highest BCUT2D eigenvalue weighted by molar-refractivity contribution is 8.00. The summed E-state index contributed by atoms with van der Waals surface area (Å²) < 4.78 is 40.5. The van der Waals surface area contributed by atoms with Gasteiger partial charge in [0.25, 0.3) is 5.56 Å². The number of aromatic hydroxyl groups is 1. The van der Waals surface area contributed by atoms with Crippen molar-refractivity contribution in [2.45, 2.75) is 17.5 Å². The maximum atomic E-state index is 13.5. The molecule has 1 fully saturated rings. The van der Waals surface area contributed by atoms with Crippen molar-refractivity contribution in [3.05, 3.63) is 57.3 Å². The molecular weight excluding hydrogens is 543 g/mol. The number of phenols is 1. The van der Waals surface area contributed by atoms with Crippen LogP contribution in [0.3, 0.4) is 0 Å². The molecule has 3 N–H and O–H groups in total. The largest absolute Gasteiger partial charge is 0.507 e. The molecule has 0 spiro atoms. The Morgan fingerprint density at radius 2 is 1.74 bits per heavy atom. The van der Waals surface area contributed by atoms with E-state index >= 15 is 0 Å². The van der Waals surface area contributed by atoms with Gasteiger partial charge in [-0.05, 0) is 36.4 Å². The predicted octanol–water partition coefficient (Wildman–Crippen LogP) is 4.23. The predicted molar refractivity (Wildman–Crippen MR) is 142 cm³/mol. The number of Topliss-reactive ketones (excluding diaryl/α,β-unsaturated/α-hetero) is 1. The number of H-pyrrole nitrogens is 1.